The van der Waals surface area contributed by atoms with Gasteiger partial charge in [-0.15, -0.1) is 0 Å². The molecule has 1 aliphatic heterocycles. The molecule has 0 amide bonds. The average Bonchev–Trinajstić information content (AvgIpc) is 2.58. The summed E-state index contributed by atoms with van der Waals surface area (Å²) in [6.45, 7) is 0.634. The van der Waals surface area contributed by atoms with Crippen LogP contribution in [0.1, 0.15) is 25.7 Å². The summed E-state index contributed by atoms with van der Waals surface area (Å²) < 4.78 is 26.1. The number of hydrogen-bond acceptors (Lipinski definition) is 1. The molecule has 1 saturated carbocycles. The van der Waals surface area contributed by atoms with E-state index in [9.17, 15) is 8.78 Å². The lowest BCUT2D eigenvalue weighted by molar-refractivity contribution is -0.00575. The summed E-state index contributed by atoms with van der Waals surface area (Å²) >= 11 is 0. The Bertz CT molecular complexity index is 177. The first-order valence-electron chi connectivity index (χ1n) is 5.11. The van der Waals surface area contributed by atoms with Gasteiger partial charge in [0.05, 0.1) is 13.3 Å². The van der Waals surface area contributed by atoms with E-state index in [0.29, 0.717) is 13.1 Å². The summed E-state index contributed by atoms with van der Waals surface area (Å²) in [6.07, 6.45) is 3.85. The molecule has 2 aliphatic rings. The number of nitrogens with one attached hydrogen (secondary N) is 1. The van der Waals surface area contributed by atoms with Gasteiger partial charge in [-0.05, 0) is 12.8 Å². The zero-order valence-corrected chi connectivity index (χ0v) is 7.91. The lowest BCUT2D eigenvalue weighted by Crippen LogP contribution is -2.46. The zero-order chi connectivity index (χ0) is 9.36. The van der Waals surface area contributed by atoms with Crippen molar-refractivity contribution in [2.45, 2.75) is 25.7 Å². The number of hydrogen-bond donors (Lipinski definition) is 1. The lowest BCUT2D eigenvalue weighted by Gasteiger charge is -2.45. The van der Waals surface area contributed by atoms with E-state index in [1.165, 1.54) is 0 Å². The third-order valence-corrected chi connectivity index (χ3v) is 4.12. The Morgan fingerprint density at radius 2 is 1.38 bits per heavy atom. The van der Waals surface area contributed by atoms with Crippen LogP contribution in [0.5, 0.6) is 0 Å². The van der Waals surface area contributed by atoms with E-state index < -0.39 is 0 Å². The molecule has 2 rings (SSSR count). The largest absolute Gasteiger partial charge is 0.315 e. The number of alkyl halides is 2. The van der Waals surface area contributed by atoms with Gasteiger partial charge in [-0.1, -0.05) is 12.8 Å². The van der Waals surface area contributed by atoms with Crippen LogP contribution in [0.4, 0.5) is 8.78 Å². The van der Waals surface area contributed by atoms with Crippen molar-refractivity contribution in [3.8, 4) is 0 Å². The minimum Gasteiger partial charge on any atom is -0.315 e. The Kier molecular flexibility index (Phi) is 2.30. The van der Waals surface area contributed by atoms with Gasteiger partial charge in [0, 0.05) is 23.9 Å². The van der Waals surface area contributed by atoms with Gasteiger partial charge >= 0.3 is 0 Å². The highest BCUT2D eigenvalue weighted by atomic mass is 19.1. The van der Waals surface area contributed by atoms with E-state index in [4.69, 9.17) is 0 Å². The average molecular weight is 189 g/mol. The molecule has 76 valence electrons. The normalized spacial score (nSPS) is 44.8. The first-order chi connectivity index (χ1) is 6.29. The fraction of sp³-hybridized carbons (Fsp3) is 1.00. The Hall–Kier alpha value is -0.180. The third-order valence-electron chi connectivity index (χ3n) is 4.12. The Labute approximate surface area is 77.9 Å². The van der Waals surface area contributed by atoms with Crippen molar-refractivity contribution in [2.75, 3.05) is 26.4 Å². The van der Waals surface area contributed by atoms with Crippen molar-refractivity contribution in [3.63, 3.8) is 0 Å². The first-order valence-corrected chi connectivity index (χ1v) is 5.11. The maximum absolute atomic E-state index is 13.0. The molecule has 0 bridgehead atoms. The van der Waals surface area contributed by atoms with Crippen LogP contribution < -0.4 is 5.32 Å². The molecule has 1 aliphatic carbocycles. The zero-order valence-electron chi connectivity index (χ0n) is 7.91. The van der Waals surface area contributed by atoms with Crippen LogP contribution in [-0.4, -0.2) is 26.4 Å². The minimum absolute atomic E-state index is 0.357. The molecule has 1 heterocycles. The van der Waals surface area contributed by atoms with Crippen LogP contribution >= 0.6 is 0 Å². The van der Waals surface area contributed by atoms with Crippen LogP contribution in [0.25, 0.3) is 0 Å². The molecular formula is C10H17F2N. The molecule has 13 heavy (non-hydrogen) atoms. The van der Waals surface area contributed by atoms with Crippen LogP contribution in [0, 0.1) is 10.8 Å². The maximum atomic E-state index is 13.0. The highest BCUT2D eigenvalue weighted by Crippen LogP contribution is 2.53. The fourth-order valence-electron chi connectivity index (χ4n) is 3.06. The van der Waals surface area contributed by atoms with Crippen molar-refractivity contribution < 1.29 is 8.78 Å². The molecule has 0 spiro atoms. The van der Waals surface area contributed by atoms with E-state index in [1.54, 1.807) is 0 Å². The molecule has 3 heteroatoms. The van der Waals surface area contributed by atoms with E-state index in [-0.39, 0.29) is 24.2 Å². The second-order valence-electron chi connectivity index (χ2n) is 4.64. The van der Waals surface area contributed by atoms with Crippen molar-refractivity contribution in [1.82, 2.24) is 5.32 Å². The van der Waals surface area contributed by atoms with Gasteiger partial charge in [-0.25, -0.2) is 0 Å². The molecule has 0 radical (unpaired) electrons. The lowest BCUT2D eigenvalue weighted by atomic mass is 9.59. The van der Waals surface area contributed by atoms with Crippen LogP contribution in [-0.2, 0) is 0 Å². The molecule has 1 nitrogen and oxygen atoms in total. The predicted molar refractivity (Wildman–Crippen MR) is 48.2 cm³/mol. The highest BCUT2D eigenvalue weighted by Gasteiger charge is 2.56. The van der Waals surface area contributed by atoms with Gasteiger partial charge in [0.1, 0.15) is 0 Å². The summed E-state index contributed by atoms with van der Waals surface area (Å²) in [5, 5.41) is 3.17. The van der Waals surface area contributed by atoms with Gasteiger partial charge in [-0.3, -0.25) is 8.78 Å². The first kappa shape index (κ1) is 9.38. The van der Waals surface area contributed by atoms with Crippen molar-refractivity contribution in [1.29, 1.82) is 0 Å². The van der Waals surface area contributed by atoms with E-state index in [1.807, 2.05) is 0 Å². The molecule has 0 aromatic heterocycles. The molecular weight excluding hydrogens is 172 g/mol. The number of fused-ring (bicyclic) bond motifs is 1. The third kappa shape index (κ3) is 1.13. The van der Waals surface area contributed by atoms with Gasteiger partial charge in [0.15, 0.2) is 0 Å². The Morgan fingerprint density at radius 3 is 1.77 bits per heavy atom. The highest BCUT2D eigenvalue weighted by molar-refractivity contribution is 5.07. The SMILES string of the molecule is FC[C@@]12CCCC[C@]1(CF)CNC2. The molecule has 0 aromatic rings. The smallest absolute Gasteiger partial charge is 0.0969 e. The Balaban J connectivity index is 2.27. The van der Waals surface area contributed by atoms with E-state index in [0.717, 1.165) is 25.7 Å². The summed E-state index contributed by atoms with van der Waals surface area (Å²) in [4.78, 5) is 0. The summed E-state index contributed by atoms with van der Waals surface area (Å²) in [6, 6.07) is 0. The fourth-order valence-corrected chi connectivity index (χ4v) is 3.06. The second kappa shape index (κ2) is 3.19. The Morgan fingerprint density at radius 1 is 0.923 bits per heavy atom. The molecule has 0 aromatic carbocycles. The standard InChI is InChI=1S/C10H17F2N/c11-5-9-3-1-2-4-10(9,6-12)8-13-7-9/h13H,1-8H2/t9-,10+. The molecule has 2 fully saturated rings. The molecule has 1 saturated heterocycles. The van der Waals surface area contributed by atoms with Crippen LogP contribution in [0.3, 0.4) is 0 Å². The number of rotatable bonds is 2. The van der Waals surface area contributed by atoms with Gasteiger partial charge in [0.25, 0.3) is 0 Å². The van der Waals surface area contributed by atoms with Crippen molar-refractivity contribution >= 4 is 0 Å². The monoisotopic (exact) mass is 189 g/mol. The molecule has 0 unspecified atom stereocenters. The predicted octanol–water partition coefficient (Wildman–Crippen LogP) is 2.08. The van der Waals surface area contributed by atoms with Crippen molar-refractivity contribution in [3.05, 3.63) is 0 Å². The minimum atomic E-state index is -0.375. The quantitative estimate of drug-likeness (QED) is 0.701. The van der Waals surface area contributed by atoms with E-state index >= 15 is 0 Å². The van der Waals surface area contributed by atoms with Gasteiger partial charge < -0.3 is 5.32 Å². The second-order valence-corrected chi connectivity index (χ2v) is 4.64. The topological polar surface area (TPSA) is 12.0 Å². The van der Waals surface area contributed by atoms with Gasteiger partial charge in [-0.2, -0.15) is 0 Å². The summed E-state index contributed by atoms with van der Waals surface area (Å²) in [5.41, 5.74) is -0.750. The number of halogens is 2. The van der Waals surface area contributed by atoms with Gasteiger partial charge in [0.2, 0.25) is 0 Å². The molecule has 1 N–H and O–H groups in total. The van der Waals surface area contributed by atoms with Crippen molar-refractivity contribution in [2.24, 2.45) is 10.8 Å². The van der Waals surface area contributed by atoms with Crippen LogP contribution in [0.2, 0.25) is 0 Å². The summed E-state index contributed by atoms with van der Waals surface area (Å²) in [5.74, 6) is 0. The summed E-state index contributed by atoms with van der Waals surface area (Å²) in [7, 11) is 0. The maximum Gasteiger partial charge on any atom is 0.0969 e. The van der Waals surface area contributed by atoms with Crippen LogP contribution in [0.15, 0.2) is 0 Å². The molecule has 2 atom stereocenters. The van der Waals surface area contributed by atoms with E-state index in [2.05, 4.69) is 5.32 Å².